The van der Waals surface area contributed by atoms with E-state index < -0.39 is 10.8 Å². The molecule has 0 aliphatic carbocycles. The number of benzene rings is 1. The standard InChI is InChI=1S/C16H10Cl2N4O4/c17-9-6-11(18)16(20-7-9)21-14(23)8-26-13-4-3-12(22(24)25)10-2-1-5-19-15(10)13/h1-7H,8H2,(H,20,21,23). The molecule has 0 saturated carbocycles. The number of amides is 1. The number of non-ortho nitro benzene ring substituents is 1. The number of nitro groups is 1. The summed E-state index contributed by atoms with van der Waals surface area (Å²) in [5.74, 6) is -0.114. The lowest BCUT2D eigenvalue weighted by Crippen LogP contribution is -2.21. The molecule has 10 heteroatoms. The number of anilines is 1. The summed E-state index contributed by atoms with van der Waals surface area (Å²) in [6.07, 6.45) is 2.83. The first-order valence-corrected chi connectivity index (χ1v) is 7.97. The summed E-state index contributed by atoms with van der Waals surface area (Å²) in [6.45, 7) is -0.357. The lowest BCUT2D eigenvalue weighted by molar-refractivity contribution is -0.383. The number of rotatable bonds is 5. The minimum absolute atomic E-state index is 0.0953. The Morgan fingerprint density at radius 3 is 2.81 bits per heavy atom. The van der Waals surface area contributed by atoms with Crippen molar-refractivity contribution in [3.05, 3.63) is 62.9 Å². The zero-order chi connectivity index (χ0) is 18.7. The van der Waals surface area contributed by atoms with Gasteiger partial charge in [0.2, 0.25) is 0 Å². The predicted molar refractivity (Wildman–Crippen MR) is 96.8 cm³/mol. The highest BCUT2D eigenvalue weighted by Gasteiger charge is 2.16. The monoisotopic (exact) mass is 392 g/mol. The summed E-state index contributed by atoms with van der Waals surface area (Å²) in [5.41, 5.74) is 0.194. The molecule has 3 aromatic rings. The molecule has 0 radical (unpaired) electrons. The molecule has 8 nitrogen and oxygen atoms in total. The zero-order valence-corrected chi connectivity index (χ0v) is 14.5. The molecule has 0 aliphatic rings. The van der Waals surface area contributed by atoms with Gasteiger partial charge in [0.15, 0.2) is 12.4 Å². The predicted octanol–water partition coefficient (Wildman–Crippen LogP) is 3.86. The van der Waals surface area contributed by atoms with E-state index in [0.717, 1.165) is 0 Å². The molecule has 1 N–H and O–H groups in total. The fourth-order valence-electron chi connectivity index (χ4n) is 2.23. The lowest BCUT2D eigenvalue weighted by atomic mass is 10.1. The summed E-state index contributed by atoms with van der Waals surface area (Å²) in [7, 11) is 0. The van der Waals surface area contributed by atoms with Crippen LogP contribution in [0.5, 0.6) is 5.75 Å². The van der Waals surface area contributed by atoms with Gasteiger partial charge in [-0.05, 0) is 24.3 Å². The van der Waals surface area contributed by atoms with Gasteiger partial charge in [-0.15, -0.1) is 0 Å². The van der Waals surface area contributed by atoms with Crippen LogP contribution in [0.15, 0.2) is 42.7 Å². The van der Waals surface area contributed by atoms with Crippen molar-refractivity contribution in [1.29, 1.82) is 0 Å². The lowest BCUT2D eigenvalue weighted by Gasteiger charge is -2.10. The molecular weight excluding hydrogens is 383 g/mol. The Hall–Kier alpha value is -2.97. The van der Waals surface area contributed by atoms with Gasteiger partial charge >= 0.3 is 0 Å². The van der Waals surface area contributed by atoms with Crippen molar-refractivity contribution in [3.8, 4) is 5.75 Å². The molecule has 1 amide bonds. The van der Waals surface area contributed by atoms with Gasteiger partial charge in [-0.3, -0.25) is 19.9 Å². The van der Waals surface area contributed by atoms with E-state index in [0.29, 0.717) is 10.4 Å². The van der Waals surface area contributed by atoms with E-state index in [1.807, 2.05) is 0 Å². The van der Waals surface area contributed by atoms with Crippen molar-refractivity contribution in [3.63, 3.8) is 0 Å². The second-order valence-electron chi connectivity index (χ2n) is 5.06. The quantitative estimate of drug-likeness (QED) is 0.521. The van der Waals surface area contributed by atoms with Crippen molar-refractivity contribution in [2.45, 2.75) is 0 Å². The van der Waals surface area contributed by atoms with Crippen LogP contribution in [0.1, 0.15) is 0 Å². The molecular formula is C16H10Cl2N4O4. The topological polar surface area (TPSA) is 107 Å². The number of aromatic nitrogens is 2. The van der Waals surface area contributed by atoms with Crippen LogP contribution in [0, 0.1) is 10.1 Å². The van der Waals surface area contributed by atoms with E-state index in [-0.39, 0.29) is 34.4 Å². The third-order valence-electron chi connectivity index (χ3n) is 3.33. The molecule has 0 spiro atoms. The Balaban J connectivity index is 1.76. The number of hydrogen-bond donors (Lipinski definition) is 1. The number of hydrogen-bond acceptors (Lipinski definition) is 6. The molecule has 0 aliphatic heterocycles. The Labute approximate surface area is 156 Å². The highest BCUT2D eigenvalue weighted by atomic mass is 35.5. The van der Waals surface area contributed by atoms with Gasteiger partial charge in [0.1, 0.15) is 11.3 Å². The molecule has 0 saturated heterocycles. The van der Waals surface area contributed by atoms with Crippen LogP contribution in [0.4, 0.5) is 11.5 Å². The number of nitrogens with one attached hydrogen (secondary N) is 1. The van der Waals surface area contributed by atoms with E-state index >= 15 is 0 Å². The molecule has 2 aromatic heterocycles. The van der Waals surface area contributed by atoms with Gasteiger partial charge in [0, 0.05) is 18.5 Å². The van der Waals surface area contributed by atoms with Crippen LogP contribution >= 0.6 is 23.2 Å². The maximum absolute atomic E-state index is 12.0. The molecule has 3 rings (SSSR count). The number of nitro benzene ring substituents is 1. The average molecular weight is 393 g/mol. The van der Waals surface area contributed by atoms with E-state index in [4.69, 9.17) is 27.9 Å². The minimum atomic E-state index is -0.510. The van der Waals surface area contributed by atoms with Gasteiger partial charge in [-0.1, -0.05) is 23.2 Å². The summed E-state index contributed by atoms with van der Waals surface area (Å²) in [5, 5.41) is 14.4. The minimum Gasteiger partial charge on any atom is -0.481 e. The molecule has 0 unspecified atom stereocenters. The Morgan fingerprint density at radius 2 is 2.08 bits per heavy atom. The SMILES string of the molecule is O=C(COc1ccc([N+](=O)[O-])c2cccnc12)Nc1ncc(Cl)cc1Cl. The smallest absolute Gasteiger partial charge is 0.279 e. The largest absolute Gasteiger partial charge is 0.481 e. The van der Waals surface area contributed by atoms with Crippen LogP contribution < -0.4 is 10.1 Å². The number of carbonyl (C=O) groups is 1. The van der Waals surface area contributed by atoms with Crippen molar-refractivity contribution in [2.24, 2.45) is 0 Å². The molecule has 0 fully saturated rings. The zero-order valence-electron chi connectivity index (χ0n) is 13.0. The Morgan fingerprint density at radius 1 is 1.27 bits per heavy atom. The number of carbonyl (C=O) groups excluding carboxylic acids is 1. The Bertz CT molecular complexity index is 1010. The molecule has 26 heavy (non-hydrogen) atoms. The van der Waals surface area contributed by atoms with Gasteiger partial charge in [-0.25, -0.2) is 4.98 Å². The number of fused-ring (bicyclic) bond motifs is 1. The summed E-state index contributed by atoms with van der Waals surface area (Å²) < 4.78 is 5.46. The van der Waals surface area contributed by atoms with Crippen LogP contribution in [-0.2, 0) is 4.79 Å². The maximum atomic E-state index is 12.0. The second-order valence-corrected chi connectivity index (χ2v) is 5.90. The van der Waals surface area contributed by atoms with E-state index in [2.05, 4.69) is 15.3 Å². The van der Waals surface area contributed by atoms with Gasteiger partial charge in [0.05, 0.1) is 20.4 Å². The Kier molecular flexibility index (Phi) is 5.15. The number of nitrogens with zero attached hydrogens (tertiary/aromatic N) is 3. The first-order valence-electron chi connectivity index (χ1n) is 7.21. The van der Waals surface area contributed by atoms with Crippen LogP contribution in [0.25, 0.3) is 10.9 Å². The first kappa shape index (κ1) is 17.8. The summed E-state index contributed by atoms with van der Waals surface area (Å²) in [6, 6.07) is 7.29. The molecule has 2 heterocycles. The van der Waals surface area contributed by atoms with E-state index in [1.165, 1.54) is 30.6 Å². The van der Waals surface area contributed by atoms with Crippen LogP contribution in [-0.4, -0.2) is 27.4 Å². The molecule has 0 bridgehead atoms. The van der Waals surface area contributed by atoms with Crippen molar-refractivity contribution < 1.29 is 14.5 Å². The normalized spacial score (nSPS) is 10.5. The van der Waals surface area contributed by atoms with Crippen LogP contribution in [0.2, 0.25) is 10.0 Å². The average Bonchev–Trinajstić information content (AvgIpc) is 2.61. The fourth-order valence-corrected chi connectivity index (χ4v) is 2.65. The summed E-state index contributed by atoms with van der Waals surface area (Å²) >= 11 is 11.7. The van der Waals surface area contributed by atoms with Gasteiger partial charge in [-0.2, -0.15) is 0 Å². The third kappa shape index (κ3) is 3.81. The highest BCUT2D eigenvalue weighted by molar-refractivity contribution is 6.36. The van der Waals surface area contributed by atoms with Crippen molar-refractivity contribution >= 4 is 51.5 Å². The van der Waals surface area contributed by atoms with Crippen LogP contribution in [0.3, 0.4) is 0 Å². The van der Waals surface area contributed by atoms with Crippen molar-refractivity contribution in [1.82, 2.24) is 9.97 Å². The molecule has 132 valence electrons. The van der Waals surface area contributed by atoms with E-state index in [1.54, 1.807) is 12.1 Å². The van der Waals surface area contributed by atoms with Gasteiger partial charge in [0.25, 0.3) is 11.6 Å². The molecule has 1 aromatic carbocycles. The van der Waals surface area contributed by atoms with Crippen molar-refractivity contribution in [2.75, 3.05) is 11.9 Å². The summed E-state index contributed by atoms with van der Waals surface area (Å²) in [4.78, 5) is 30.6. The van der Waals surface area contributed by atoms with E-state index in [9.17, 15) is 14.9 Å². The maximum Gasteiger partial charge on any atom is 0.279 e. The number of pyridine rings is 2. The number of ether oxygens (including phenoxy) is 1. The highest BCUT2D eigenvalue weighted by Crippen LogP contribution is 2.31. The fraction of sp³-hybridized carbons (Fsp3) is 0.0625. The second kappa shape index (κ2) is 7.51. The third-order valence-corrected chi connectivity index (χ3v) is 3.83. The number of halogens is 2. The molecule has 0 atom stereocenters. The van der Waals surface area contributed by atoms with Gasteiger partial charge < -0.3 is 10.1 Å². The first-order chi connectivity index (χ1) is 12.5.